The van der Waals surface area contributed by atoms with E-state index < -0.39 is 32.7 Å². The van der Waals surface area contributed by atoms with E-state index in [9.17, 15) is 17.6 Å². The van der Waals surface area contributed by atoms with Gasteiger partial charge in [0.1, 0.15) is 16.8 Å². The summed E-state index contributed by atoms with van der Waals surface area (Å²) in [5, 5.41) is 2.78. The van der Waals surface area contributed by atoms with E-state index in [0.717, 1.165) is 11.6 Å². The molecule has 5 nitrogen and oxygen atoms in total. The summed E-state index contributed by atoms with van der Waals surface area (Å²) in [6.07, 6.45) is 0.876. The van der Waals surface area contributed by atoms with E-state index in [1.54, 1.807) is 12.1 Å². The summed E-state index contributed by atoms with van der Waals surface area (Å²) in [4.78, 5) is 12.1. The highest BCUT2D eigenvalue weighted by Crippen LogP contribution is 2.15. The molecule has 0 fully saturated rings. The summed E-state index contributed by atoms with van der Waals surface area (Å²) in [5.74, 6) is -1.30. The SMILES string of the molecule is CC[C@@H](C)NC(=O)[C@H](Cc1ccccc1)NS(=O)(=O)c1ccccc1F. The first-order valence-electron chi connectivity index (χ1n) is 8.44. The molecule has 1 amide bonds. The molecule has 2 N–H and O–H groups in total. The van der Waals surface area contributed by atoms with Crippen molar-refractivity contribution in [3.63, 3.8) is 0 Å². The number of hydrogen-bond acceptors (Lipinski definition) is 3. The van der Waals surface area contributed by atoms with E-state index >= 15 is 0 Å². The molecule has 0 saturated heterocycles. The fourth-order valence-electron chi connectivity index (χ4n) is 2.40. The minimum absolute atomic E-state index is 0.0984. The summed E-state index contributed by atoms with van der Waals surface area (Å²) in [5.41, 5.74) is 0.799. The Kier molecular flexibility index (Phi) is 6.88. The predicted octanol–water partition coefficient (Wildman–Crippen LogP) is 2.63. The van der Waals surface area contributed by atoms with Crippen LogP contribution in [0.15, 0.2) is 59.5 Å². The second-order valence-electron chi connectivity index (χ2n) is 6.11. The zero-order valence-electron chi connectivity index (χ0n) is 14.8. The second kappa shape index (κ2) is 8.91. The molecule has 2 atom stereocenters. The number of nitrogens with one attached hydrogen (secondary N) is 2. The number of sulfonamides is 1. The van der Waals surface area contributed by atoms with Gasteiger partial charge in [0.2, 0.25) is 15.9 Å². The molecule has 2 rings (SSSR count). The molecule has 26 heavy (non-hydrogen) atoms. The molecule has 0 aliphatic carbocycles. The number of hydrogen-bond donors (Lipinski definition) is 2. The topological polar surface area (TPSA) is 75.3 Å². The van der Waals surface area contributed by atoms with Gasteiger partial charge in [-0.2, -0.15) is 4.72 Å². The van der Waals surface area contributed by atoms with Crippen LogP contribution in [0, 0.1) is 5.82 Å². The first-order chi connectivity index (χ1) is 12.3. The highest BCUT2D eigenvalue weighted by Gasteiger charge is 2.28. The Bertz CT molecular complexity index is 841. The van der Waals surface area contributed by atoms with Crippen molar-refractivity contribution in [2.75, 3.05) is 0 Å². The summed E-state index contributed by atoms with van der Waals surface area (Å²) in [6.45, 7) is 3.75. The first kappa shape index (κ1) is 20.1. The molecule has 2 aromatic rings. The maximum Gasteiger partial charge on any atom is 0.244 e. The molecular weight excluding hydrogens is 355 g/mol. The van der Waals surface area contributed by atoms with Crippen molar-refractivity contribution in [2.45, 2.75) is 43.7 Å². The van der Waals surface area contributed by atoms with Crippen LogP contribution < -0.4 is 10.0 Å². The second-order valence-corrected chi connectivity index (χ2v) is 7.79. The third-order valence-corrected chi connectivity index (χ3v) is 5.53. The summed E-state index contributed by atoms with van der Waals surface area (Å²) < 4.78 is 41.4. The van der Waals surface area contributed by atoms with Crippen molar-refractivity contribution in [2.24, 2.45) is 0 Å². The van der Waals surface area contributed by atoms with Crippen LogP contribution in [-0.2, 0) is 21.2 Å². The minimum atomic E-state index is -4.18. The Hall–Kier alpha value is -2.25. The maximum absolute atomic E-state index is 13.9. The summed E-state index contributed by atoms with van der Waals surface area (Å²) in [6, 6.07) is 13.0. The van der Waals surface area contributed by atoms with Crippen LogP contribution in [0.3, 0.4) is 0 Å². The number of rotatable bonds is 8. The molecular formula is C19H23FN2O3S. The quantitative estimate of drug-likeness (QED) is 0.741. The smallest absolute Gasteiger partial charge is 0.244 e. The number of carbonyl (C=O) groups is 1. The van der Waals surface area contributed by atoms with Crippen LogP contribution >= 0.6 is 0 Å². The van der Waals surface area contributed by atoms with E-state index in [1.165, 1.54) is 18.2 Å². The number of halogens is 1. The predicted molar refractivity (Wildman–Crippen MR) is 98.6 cm³/mol. The normalized spacial score (nSPS) is 13.8. The van der Waals surface area contributed by atoms with Gasteiger partial charge in [-0.3, -0.25) is 4.79 Å². The lowest BCUT2D eigenvalue weighted by molar-refractivity contribution is -0.123. The highest BCUT2D eigenvalue weighted by atomic mass is 32.2. The van der Waals surface area contributed by atoms with Gasteiger partial charge < -0.3 is 5.32 Å². The largest absolute Gasteiger partial charge is 0.352 e. The van der Waals surface area contributed by atoms with E-state index in [-0.39, 0.29) is 12.5 Å². The Labute approximate surface area is 153 Å². The van der Waals surface area contributed by atoms with E-state index in [1.807, 2.05) is 32.0 Å². The fourth-order valence-corrected chi connectivity index (χ4v) is 3.67. The monoisotopic (exact) mass is 378 g/mol. The first-order valence-corrected chi connectivity index (χ1v) is 9.93. The number of carbonyl (C=O) groups excluding carboxylic acids is 1. The average Bonchev–Trinajstić information content (AvgIpc) is 2.62. The van der Waals surface area contributed by atoms with Crippen LogP contribution in [0.2, 0.25) is 0 Å². The minimum Gasteiger partial charge on any atom is -0.352 e. The van der Waals surface area contributed by atoms with Crippen LogP contribution in [0.5, 0.6) is 0 Å². The van der Waals surface area contributed by atoms with Crippen molar-refractivity contribution >= 4 is 15.9 Å². The molecule has 0 heterocycles. The van der Waals surface area contributed by atoms with Gasteiger partial charge in [0.15, 0.2) is 0 Å². The molecule has 7 heteroatoms. The summed E-state index contributed by atoms with van der Waals surface area (Å²) >= 11 is 0. The van der Waals surface area contributed by atoms with E-state index in [2.05, 4.69) is 10.0 Å². The van der Waals surface area contributed by atoms with Gasteiger partial charge >= 0.3 is 0 Å². The molecule has 140 valence electrons. The van der Waals surface area contributed by atoms with E-state index in [4.69, 9.17) is 0 Å². The Balaban J connectivity index is 2.28. The van der Waals surface area contributed by atoms with Gasteiger partial charge in [-0.05, 0) is 37.5 Å². The van der Waals surface area contributed by atoms with Crippen LogP contribution in [0.1, 0.15) is 25.8 Å². The third kappa shape index (κ3) is 5.37. The van der Waals surface area contributed by atoms with Crippen LogP contribution in [0.25, 0.3) is 0 Å². The standard InChI is InChI=1S/C19H23FN2O3S/c1-3-14(2)21-19(23)17(13-15-9-5-4-6-10-15)22-26(24,25)18-12-8-7-11-16(18)20/h4-12,14,17,22H,3,13H2,1-2H3,(H,21,23)/t14-,17+/m1/s1. The molecule has 0 radical (unpaired) electrons. The molecule has 0 aliphatic rings. The Morgan fingerprint density at radius 3 is 2.31 bits per heavy atom. The lowest BCUT2D eigenvalue weighted by atomic mass is 10.1. The number of benzene rings is 2. The molecule has 0 aliphatic heterocycles. The van der Waals surface area contributed by atoms with Crippen molar-refractivity contribution in [1.29, 1.82) is 0 Å². The zero-order valence-corrected chi connectivity index (χ0v) is 15.6. The third-order valence-electron chi connectivity index (χ3n) is 4.02. The summed E-state index contributed by atoms with van der Waals surface area (Å²) in [7, 11) is -4.18. The molecule has 0 spiro atoms. The van der Waals surface area contributed by atoms with Gasteiger partial charge in [0.25, 0.3) is 0 Å². The van der Waals surface area contributed by atoms with Crippen molar-refractivity contribution in [3.8, 4) is 0 Å². The van der Waals surface area contributed by atoms with E-state index in [0.29, 0.717) is 6.42 Å². The van der Waals surface area contributed by atoms with Crippen molar-refractivity contribution < 1.29 is 17.6 Å². The van der Waals surface area contributed by atoms with Gasteiger partial charge in [0, 0.05) is 6.04 Å². The number of amides is 1. The molecule has 2 aromatic carbocycles. The lowest BCUT2D eigenvalue weighted by Crippen LogP contribution is -2.50. The van der Waals surface area contributed by atoms with Crippen LogP contribution in [0.4, 0.5) is 4.39 Å². The Morgan fingerprint density at radius 1 is 1.08 bits per heavy atom. The highest BCUT2D eigenvalue weighted by molar-refractivity contribution is 7.89. The van der Waals surface area contributed by atoms with Crippen molar-refractivity contribution in [1.82, 2.24) is 10.0 Å². The lowest BCUT2D eigenvalue weighted by Gasteiger charge is -2.21. The van der Waals surface area contributed by atoms with Crippen molar-refractivity contribution in [3.05, 3.63) is 66.0 Å². The van der Waals surface area contributed by atoms with Gasteiger partial charge in [-0.15, -0.1) is 0 Å². The molecule has 0 unspecified atom stereocenters. The molecule has 0 bridgehead atoms. The fraction of sp³-hybridized carbons (Fsp3) is 0.316. The van der Waals surface area contributed by atoms with Gasteiger partial charge in [0.05, 0.1) is 0 Å². The Morgan fingerprint density at radius 2 is 1.69 bits per heavy atom. The van der Waals surface area contributed by atoms with Gasteiger partial charge in [-0.1, -0.05) is 49.4 Å². The zero-order chi connectivity index (χ0) is 19.2. The van der Waals surface area contributed by atoms with Gasteiger partial charge in [-0.25, -0.2) is 12.8 Å². The molecule has 0 saturated carbocycles. The average molecular weight is 378 g/mol. The maximum atomic E-state index is 13.9. The molecule has 0 aromatic heterocycles. The van der Waals surface area contributed by atoms with Crippen LogP contribution in [-0.4, -0.2) is 26.4 Å².